The van der Waals surface area contributed by atoms with Gasteiger partial charge in [0.2, 0.25) is 0 Å². The largest absolute Gasteiger partial charge is 0.489 e. The first-order chi connectivity index (χ1) is 17.9. The first-order valence-corrected chi connectivity index (χ1v) is 12.7. The third-order valence-corrected chi connectivity index (χ3v) is 6.15. The number of carbonyl (C=O) groups excluding carboxylic acids is 3. The Bertz CT molecular complexity index is 1400. The van der Waals surface area contributed by atoms with Crippen LogP contribution >= 0.6 is 11.3 Å². The molecule has 0 unspecified atom stereocenters. The van der Waals surface area contributed by atoms with E-state index in [0.717, 1.165) is 30.2 Å². The summed E-state index contributed by atoms with van der Waals surface area (Å²) in [4.78, 5) is 46.1. The van der Waals surface area contributed by atoms with Gasteiger partial charge < -0.3 is 20.1 Å². The van der Waals surface area contributed by atoms with Gasteiger partial charge in [-0.05, 0) is 77.3 Å². The van der Waals surface area contributed by atoms with Crippen LogP contribution in [-0.2, 0) is 4.74 Å². The number of thiazole rings is 1. The van der Waals surface area contributed by atoms with E-state index in [1.54, 1.807) is 46.8 Å². The van der Waals surface area contributed by atoms with Crippen LogP contribution in [0, 0.1) is 19.7 Å². The maximum Gasteiger partial charge on any atom is 0.413 e. The maximum absolute atomic E-state index is 14.7. The summed E-state index contributed by atoms with van der Waals surface area (Å²) in [5, 5.41) is 7.90. The van der Waals surface area contributed by atoms with Crippen LogP contribution in [0.4, 0.5) is 25.8 Å². The van der Waals surface area contributed by atoms with E-state index in [-0.39, 0.29) is 33.2 Å². The van der Waals surface area contributed by atoms with Crippen molar-refractivity contribution in [3.8, 4) is 5.75 Å². The monoisotopic (exact) mass is 541 g/mol. The number of rotatable bonds is 7. The average molecular weight is 542 g/mol. The molecule has 10 nitrogen and oxygen atoms in total. The molecule has 0 bridgehead atoms. The van der Waals surface area contributed by atoms with Crippen LogP contribution in [0.3, 0.4) is 0 Å². The predicted molar refractivity (Wildman–Crippen MR) is 142 cm³/mol. The van der Waals surface area contributed by atoms with Crippen molar-refractivity contribution in [3.63, 3.8) is 0 Å². The summed E-state index contributed by atoms with van der Waals surface area (Å²) >= 11 is 0.939. The van der Waals surface area contributed by atoms with Crippen LogP contribution in [0.1, 0.15) is 64.9 Å². The van der Waals surface area contributed by atoms with Gasteiger partial charge in [-0.3, -0.25) is 14.9 Å². The Morgan fingerprint density at radius 2 is 1.79 bits per heavy atom. The Labute approximate surface area is 223 Å². The van der Waals surface area contributed by atoms with Crippen LogP contribution in [0.25, 0.3) is 0 Å². The zero-order valence-corrected chi connectivity index (χ0v) is 22.4. The van der Waals surface area contributed by atoms with Gasteiger partial charge in [-0.2, -0.15) is 0 Å². The summed E-state index contributed by atoms with van der Waals surface area (Å²) in [7, 11) is 0. The van der Waals surface area contributed by atoms with Gasteiger partial charge in [-0.15, -0.1) is 0 Å². The predicted octanol–water partition coefficient (Wildman–Crippen LogP) is 5.69. The lowest BCUT2D eigenvalue weighted by atomic mass is 10.1. The molecule has 38 heavy (non-hydrogen) atoms. The first-order valence-electron chi connectivity index (χ1n) is 11.9. The highest BCUT2D eigenvalue weighted by Crippen LogP contribution is 2.29. The number of nitrogens with one attached hydrogen (secondary N) is 3. The molecule has 1 saturated carbocycles. The second kappa shape index (κ2) is 10.7. The number of aryl methyl sites for hydroxylation is 2. The minimum absolute atomic E-state index is 0.177. The summed E-state index contributed by atoms with van der Waals surface area (Å²) in [5.74, 6) is -1.11. The minimum Gasteiger partial charge on any atom is -0.489 e. The number of ether oxygens (including phenoxy) is 2. The fourth-order valence-electron chi connectivity index (χ4n) is 3.28. The summed E-state index contributed by atoms with van der Waals surface area (Å²) in [6.07, 6.45) is 2.83. The Hall–Kier alpha value is -4.06. The lowest BCUT2D eigenvalue weighted by molar-refractivity contribution is 0.0635. The van der Waals surface area contributed by atoms with Gasteiger partial charge in [-0.1, -0.05) is 11.3 Å². The fourth-order valence-corrected chi connectivity index (χ4v) is 3.98. The molecule has 1 aliphatic rings. The summed E-state index contributed by atoms with van der Waals surface area (Å²) in [6, 6.07) is 5.73. The van der Waals surface area contributed by atoms with Gasteiger partial charge in [0.1, 0.15) is 27.9 Å². The molecule has 3 N–H and O–H groups in total. The molecule has 0 saturated heterocycles. The molecule has 4 rings (SSSR count). The van der Waals surface area contributed by atoms with Crippen LogP contribution in [-0.4, -0.2) is 39.6 Å². The normalized spacial score (nSPS) is 13.0. The number of hydrogen-bond acceptors (Lipinski definition) is 8. The van der Waals surface area contributed by atoms with Gasteiger partial charge in [0.15, 0.2) is 5.13 Å². The summed E-state index contributed by atoms with van der Waals surface area (Å²) in [6.45, 7) is 8.55. The Morgan fingerprint density at radius 3 is 2.45 bits per heavy atom. The first kappa shape index (κ1) is 27.0. The van der Waals surface area contributed by atoms with Crippen LogP contribution in [0.2, 0.25) is 0 Å². The number of halogens is 1. The molecule has 1 fully saturated rings. The maximum atomic E-state index is 14.7. The van der Waals surface area contributed by atoms with Crippen molar-refractivity contribution in [2.24, 2.45) is 0 Å². The third kappa shape index (κ3) is 7.03. The van der Waals surface area contributed by atoms with Crippen molar-refractivity contribution < 1.29 is 28.2 Å². The van der Waals surface area contributed by atoms with Gasteiger partial charge in [-0.25, -0.2) is 19.2 Å². The fraction of sp³-hybridized carbons (Fsp3) is 0.346. The number of anilines is 3. The van der Waals surface area contributed by atoms with Crippen molar-refractivity contribution in [3.05, 3.63) is 58.0 Å². The van der Waals surface area contributed by atoms with Gasteiger partial charge >= 0.3 is 6.09 Å². The molecule has 1 aliphatic carbocycles. The van der Waals surface area contributed by atoms with E-state index in [1.807, 2.05) is 0 Å². The second-order valence-electron chi connectivity index (χ2n) is 9.81. The molecule has 0 radical (unpaired) electrons. The van der Waals surface area contributed by atoms with E-state index in [2.05, 4.69) is 25.9 Å². The van der Waals surface area contributed by atoms with E-state index in [4.69, 9.17) is 9.47 Å². The van der Waals surface area contributed by atoms with Gasteiger partial charge in [0, 0.05) is 5.69 Å². The van der Waals surface area contributed by atoms with Crippen LogP contribution < -0.4 is 20.7 Å². The molecule has 1 aromatic carbocycles. The highest BCUT2D eigenvalue weighted by Gasteiger charge is 2.25. The van der Waals surface area contributed by atoms with Crippen molar-refractivity contribution in [1.82, 2.24) is 9.97 Å². The second-order valence-corrected chi connectivity index (χ2v) is 10.8. The topological polar surface area (TPSA) is 132 Å². The van der Waals surface area contributed by atoms with Crippen molar-refractivity contribution in [2.45, 2.75) is 59.2 Å². The molecular formula is C26H28FN5O5S. The van der Waals surface area contributed by atoms with Crippen LogP contribution in [0.5, 0.6) is 5.75 Å². The quantitative estimate of drug-likeness (QED) is 0.350. The SMILES string of the molecule is Cc1cc(F)c(C(=O)Nc2ccc(OC3CC3)c(C)n2)cc1NC(=O)c1cnc(NC(=O)OC(C)(C)C)s1. The molecule has 2 heterocycles. The number of nitrogens with zero attached hydrogens (tertiary/aromatic N) is 2. The van der Waals surface area contributed by atoms with Gasteiger partial charge in [0.05, 0.1) is 23.6 Å². The minimum atomic E-state index is -0.745. The summed E-state index contributed by atoms with van der Waals surface area (Å²) < 4.78 is 25.6. The number of carbonyl (C=O) groups is 3. The van der Waals surface area contributed by atoms with Crippen LogP contribution in [0.15, 0.2) is 30.5 Å². The molecular weight excluding hydrogens is 513 g/mol. The van der Waals surface area contributed by atoms with E-state index < -0.39 is 29.3 Å². The van der Waals surface area contributed by atoms with E-state index >= 15 is 0 Å². The number of hydrogen-bond donors (Lipinski definition) is 3. The standard InChI is InChI=1S/C26H28FN5O5S/c1-13-10-17(27)16(22(33)31-21-9-8-19(14(2)29-21)36-15-6-7-15)11-18(13)30-23(34)20-12-28-24(38-20)32-25(35)37-26(3,4)5/h8-12,15H,6-7H2,1-5H3,(H,30,34)(H,28,32,35)(H,29,31,33). The van der Waals surface area contributed by atoms with E-state index in [1.165, 1.54) is 12.3 Å². The molecule has 200 valence electrons. The highest BCUT2D eigenvalue weighted by atomic mass is 32.1. The number of pyridine rings is 1. The van der Waals surface area contributed by atoms with Gasteiger partial charge in [0.25, 0.3) is 11.8 Å². The Balaban J connectivity index is 1.44. The van der Waals surface area contributed by atoms with E-state index in [9.17, 15) is 18.8 Å². The smallest absolute Gasteiger partial charge is 0.413 e. The lowest BCUT2D eigenvalue weighted by Crippen LogP contribution is -2.27. The molecule has 0 spiro atoms. The van der Waals surface area contributed by atoms with Crippen molar-refractivity contribution in [1.29, 1.82) is 0 Å². The molecule has 0 aliphatic heterocycles. The highest BCUT2D eigenvalue weighted by molar-refractivity contribution is 7.17. The van der Waals surface area contributed by atoms with Crippen molar-refractivity contribution in [2.75, 3.05) is 16.0 Å². The number of amides is 3. The zero-order chi connectivity index (χ0) is 27.6. The Morgan fingerprint density at radius 1 is 1.05 bits per heavy atom. The molecule has 2 aromatic heterocycles. The molecule has 3 amide bonds. The third-order valence-electron chi connectivity index (χ3n) is 5.24. The lowest BCUT2D eigenvalue weighted by Gasteiger charge is -2.18. The zero-order valence-electron chi connectivity index (χ0n) is 21.6. The molecule has 3 aromatic rings. The number of aromatic nitrogens is 2. The molecule has 12 heteroatoms. The Kier molecular flexibility index (Phi) is 7.63. The summed E-state index contributed by atoms with van der Waals surface area (Å²) in [5.41, 5.74) is 0.319. The van der Waals surface area contributed by atoms with E-state index in [0.29, 0.717) is 17.0 Å². The van der Waals surface area contributed by atoms with Crippen molar-refractivity contribution >= 4 is 45.9 Å². The molecule has 0 atom stereocenters. The number of benzene rings is 1. The average Bonchev–Trinajstić information content (AvgIpc) is 3.51.